The van der Waals surface area contributed by atoms with Crippen LogP contribution in [0.5, 0.6) is 5.75 Å². The van der Waals surface area contributed by atoms with E-state index in [1.165, 1.54) is 0 Å². The maximum atomic E-state index is 13.3. The second-order valence-corrected chi connectivity index (χ2v) is 8.59. The van der Waals surface area contributed by atoms with Crippen molar-refractivity contribution in [2.24, 2.45) is 0 Å². The van der Waals surface area contributed by atoms with Crippen LogP contribution >= 0.6 is 24.2 Å². The van der Waals surface area contributed by atoms with Crippen molar-refractivity contribution in [3.63, 3.8) is 0 Å². The molecule has 2 aromatic rings. The SMILES string of the molecule is COc1ccc(C2Sc3ccc(C)c(C)c3N(CCN(C)C)C(=O)C2O)cc1.Cl. The van der Waals surface area contributed by atoms with Crippen LogP contribution in [-0.2, 0) is 4.79 Å². The zero-order valence-corrected chi connectivity index (χ0v) is 19.1. The smallest absolute Gasteiger partial charge is 0.257 e. The number of hydrogen-bond donors (Lipinski definition) is 1. The number of thioether (sulfide) groups is 1. The average molecular weight is 437 g/mol. The van der Waals surface area contributed by atoms with Gasteiger partial charge in [0.05, 0.1) is 18.0 Å². The summed E-state index contributed by atoms with van der Waals surface area (Å²) in [6.07, 6.45) is -1.12. The van der Waals surface area contributed by atoms with Gasteiger partial charge < -0.3 is 19.6 Å². The zero-order chi connectivity index (χ0) is 20.4. The molecule has 0 saturated carbocycles. The van der Waals surface area contributed by atoms with Crippen LogP contribution in [0.25, 0.3) is 0 Å². The average Bonchev–Trinajstić information content (AvgIpc) is 2.79. The van der Waals surface area contributed by atoms with Gasteiger partial charge >= 0.3 is 0 Å². The molecule has 1 aliphatic rings. The lowest BCUT2D eigenvalue weighted by Crippen LogP contribution is -2.43. The fraction of sp³-hybridized carbons (Fsp3) is 0.409. The van der Waals surface area contributed by atoms with E-state index in [4.69, 9.17) is 4.74 Å². The first-order valence-electron chi connectivity index (χ1n) is 9.38. The molecule has 5 nitrogen and oxygen atoms in total. The van der Waals surface area contributed by atoms with Crippen LogP contribution in [0.2, 0.25) is 0 Å². The molecule has 1 N–H and O–H groups in total. The van der Waals surface area contributed by atoms with Crippen molar-refractivity contribution < 1.29 is 14.6 Å². The molecule has 3 rings (SSSR count). The molecule has 0 radical (unpaired) electrons. The Morgan fingerprint density at radius 1 is 1.14 bits per heavy atom. The number of methoxy groups -OCH3 is 1. The van der Waals surface area contributed by atoms with Crippen LogP contribution in [0, 0.1) is 13.8 Å². The number of aryl methyl sites for hydroxylation is 1. The lowest BCUT2D eigenvalue weighted by atomic mass is 10.0. The maximum Gasteiger partial charge on any atom is 0.257 e. The number of ether oxygens (including phenoxy) is 1. The topological polar surface area (TPSA) is 53.0 Å². The summed E-state index contributed by atoms with van der Waals surface area (Å²) in [6.45, 7) is 5.36. The largest absolute Gasteiger partial charge is 0.497 e. The summed E-state index contributed by atoms with van der Waals surface area (Å²) in [5, 5.41) is 10.6. The molecular weight excluding hydrogens is 408 g/mol. The number of carbonyl (C=O) groups is 1. The number of likely N-dealkylation sites (N-methyl/N-ethyl adjacent to an activating group) is 1. The number of aliphatic hydroxyl groups excluding tert-OH is 1. The highest BCUT2D eigenvalue weighted by atomic mass is 35.5. The van der Waals surface area contributed by atoms with Gasteiger partial charge in [-0.3, -0.25) is 4.79 Å². The monoisotopic (exact) mass is 436 g/mol. The molecule has 1 heterocycles. The van der Waals surface area contributed by atoms with E-state index in [1.54, 1.807) is 23.8 Å². The predicted molar refractivity (Wildman–Crippen MR) is 122 cm³/mol. The molecule has 0 bridgehead atoms. The maximum absolute atomic E-state index is 13.3. The number of fused-ring (bicyclic) bond motifs is 1. The van der Waals surface area contributed by atoms with Gasteiger partial charge in [0.15, 0.2) is 0 Å². The third-order valence-electron chi connectivity index (χ3n) is 5.21. The minimum atomic E-state index is -1.12. The Bertz CT molecular complexity index is 858. The van der Waals surface area contributed by atoms with Gasteiger partial charge in [-0.25, -0.2) is 0 Å². The number of halogens is 1. The highest BCUT2D eigenvalue weighted by molar-refractivity contribution is 7.99. The molecule has 0 saturated heterocycles. The van der Waals surface area contributed by atoms with Gasteiger partial charge in [-0.1, -0.05) is 18.2 Å². The number of carbonyl (C=O) groups excluding carboxylic acids is 1. The lowest BCUT2D eigenvalue weighted by molar-refractivity contribution is -0.126. The van der Waals surface area contributed by atoms with Gasteiger partial charge in [-0.15, -0.1) is 24.2 Å². The summed E-state index contributed by atoms with van der Waals surface area (Å²) < 4.78 is 5.24. The first kappa shape index (κ1) is 23.5. The Hall–Kier alpha value is -1.73. The van der Waals surface area contributed by atoms with E-state index in [-0.39, 0.29) is 23.6 Å². The van der Waals surface area contributed by atoms with Gasteiger partial charge in [-0.2, -0.15) is 0 Å². The molecule has 7 heteroatoms. The van der Waals surface area contributed by atoms with Crippen molar-refractivity contribution in [3.8, 4) is 5.75 Å². The molecule has 0 spiro atoms. The number of anilines is 1. The Morgan fingerprint density at radius 3 is 2.38 bits per heavy atom. The van der Waals surface area contributed by atoms with Crippen molar-refractivity contribution in [2.45, 2.75) is 30.1 Å². The minimum absolute atomic E-state index is 0. The second kappa shape index (κ2) is 9.85. The third kappa shape index (κ3) is 4.89. The van der Waals surface area contributed by atoms with E-state index in [1.807, 2.05) is 50.2 Å². The minimum Gasteiger partial charge on any atom is -0.497 e. The van der Waals surface area contributed by atoms with Gasteiger partial charge in [0.1, 0.15) is 11.9 Å². The Balaban J connectivity index is 0.00000300. The highest BCUT2D eigenvalue weighted by Crippen LogP contribution is 2.47. The van der Waals surface area contributed by atoms with Crippen LogP contribution in [0.3, 0.4) is 0 Å². The zero-order valence-electron chi connectivity index (χ0n) is 17.5. The summed E-state index contributed by atoms with van der Waals surface area (Å²) in [6, 6.07) is 11.7. The number of nitrogens with zero attached hydrogens (tertiary/aromatic N) is 2. The van der Waals surface area contributed by atoms with Crippen molar-refractivity contribution in [2.75, 3.05) is 39.2 Å². The van der Waals surface area contributed by atoms with Crippen molar-refractivity contribution in [1.82, 2.24) is 4.90 Å². The van der Waals surface area contributed by atoms with Crippen molar-refractivity contribution in [3.05, 3.63) is 53.1 Å². The van der Waals surface area contributed by atoms with Crippen molar-refractivity contribution in [1.29, 1.82) is 0 Å². The number of aliphatic hydroxyl groups is 1. The van der Waals surface area contributed by atoms with Gasteiger partial charge in [-0.05, 0) is 62.8 Å². The normalized spacial score (nSPS) is 18.9. The molecule has 2 atom stereocenters. The van der Waals surface area contributed by atoms with E-state index in [2.05, 4.69) is 19.1 Å². The van der Waals surface area contributed by atoms with E-state index in [0.717, 1.165) is 39.6 Å². The standard InChI is InChI=1S/C22H28N2O3S.ClH/c1-14-6-11-18-19(15(14)2)24(13-12-23(3)4)22(26)20(25)21(28-18)16-7-9-17(27-5)10-8-16;/h6-11,20-21,25H,12-13H2,1-5H3;1H. The Morgan fingerprint density at radius 2 is 1.79 bits per heavy atom. The van der Waals surface area contributed by atoms with Crippen LogP contribution in [0.15, 0.2) is 41.3 Å². The third-order valence-corrected chi connectivity index (χ3v) is 6.58. The molecule has 29 heavy (non-hydrogen) atoms. The van der Waals surface area contributed by atoms with Gasteiger partial charge in [0.25, 0.3) is 5.91 Å². The molecule has 1 amide bonds. The summed E-state index contributed by atoms with van der Waals surface area (Å²) in [4.78, 5) is 18.1. The number of hydrogen-bond acceptors (Lipinski definition) is 5. The van der Waals surface area contributed by atoms with Crippen LogP contribution in [-0.4, -0.2) is 56.3 Å². The molecule has 0 aliphatic carbocycles. The quantitative estimate of drug-likeness (QED) is 0.771. The van der Waals surface area contributed by atoms with E-state index in [0.29, 0.717) is 6.54 Å². The second-order valence-electron chi connectivity index (χ2n) is 7.40. The molecule has 2 aromatic carbocycles. The number of amides is 1. The highest BCUT2D eigenvalue weighted by Gasteiger charge is 2.38. The van der Waals surface area contributed by atoms with Crippen molar-refractivity contribution >= 4 is 35.8 Å². The fourth-order valence-corrected chi connectivity index (χ4v) is 4.71. The van der Waals surface area contributed by atoms with E-state index < -0.39 is 6.10 Å². The number of rotatable bonds is 5. The van der Waals surface area contributed by atoms with E-state index >= 15 is 0 Å². The summed E-state index contributed by atoms with van der Waals surface area (Å²) in [5.74, 6) is 0.505. The molecule has 158 valence electrons. The van der Waals surface area contributed by atoms with Crippen LogP contribution < -0.4 is 9.64 Å². The first-order valence-corrected chi connectivity index (χ1v) is 10.3. The summed E-state index contributed by atoms with van der Waals surface area (Å²) in [7, 11) is 5.59. The number of benzene rings is 2. The molecule has 0 aromatic heterocycles. The van der Waals surface area contributed by atoms with E-state index in [9.17, 15) is 9.90 Å². The van der Waals surface area contributed by atoms with Gasteiger partial charge in [0, 0.05) is 18.0 Å². The molecule has 1 aliphatic heterocycles. The molecule has 0 fully saturated rings. The molecular formula is C22H29ClN2O3S. The summed E-state index contributed by atoms with van der Waals surface area (Å²) in [5.41, 5.74) is 4.05. The summed E-state index contributed by atoms with van der Waals surface area (Å²) >= 11 is 1.55. The first-order chi connectivity index (χ1) is 13.3. The lowest BCUT2D eigenvalue weighted by Gasteiger charge is -2.28. The fourth-order valence-electron chi connectivity index (χ4n) is 3.37. The van der Waals surface area contributed by atoms with Crippen LogP contribution in [0.1, 0.15) is 21.9 Å². The molecule has 2 unspecified atom stereocenters. The van der Waals surface area contributed by atoms with Gasteiger partial charge in [0.2, 0.25) is 0 Å². The van der Waals surface area contributed by atoms with Crippen LogP contribution in [0.4, 0.5) is 5.69 Å². The Labute approximate surface area is 183 Å². The predicted octanol–water partition coefficient (Wildman–Crippen LogP) is 3.84. The Kier molecular flexibility index (Phi) is 8.00.